The molecule has 0 radical (unpaired) electrons. The average molecular weight is 310 g/mol. The molecule has 3 atom stereocenters. The number of carbonyl (C=O) groups excluding carboxylic acids is 2. The second-order valence-electron chi connectivity index (χ2n) is 5.80. The lowest BCUT2D eigenvalue weighted by Crippen LogP contribution is -2.51. The van der Waals surface area contributed by atoms with E-state index in [0.717, 1.165) is 0 Å². The van der Waals surface area contributed by atoms with Crippen LogP contribution in [-0.4, -0.2) is 41.9 Å². The summed E-state index contributed by atoms with van der Waals surface area (Å²) in [7, 11) is 0. The van der Waals surface area contributed by atoms with Crippen molar-refractivity contribution in [2.75, 3.05) is 6.61 Å². The molecule has 1 aliphatic rings. The van der Waals surface area contributed by atoms with E-state index in [1.165, 1.54) is 12.3 Å². The quantitative estimate of drug-likeness (QED) is 0.716. The third kappa shape index (κ3) is 4.32. The standard InChI is InChI=1S/C15H22N2O5/c1-9(2)8-11(17-14(19)12-4-3-6-21-12)13(18)16-10-5-7-22-15(10)20/h3-4,6,9-11,15,20H,5,7-8H2,1-2H3,(H,16,18)(H,17,19)/t10-,11?,15?/m0/s1. The number of nitrogens with one attached hydrogen (secondary N) is 2. The highest BCUT2D eigenvalue weighted by atomic mass is 16.6. The molecule has 1 fully saturated rings. The summed E-state index contributed by atoms with van der Waals surface area (Å²) < 4.78 is 10.0. The van der Waals surface area contributed by atoms with E-state index in [4.69, 9.17) is 9.15 Å². The fourth-order valence-corrected chi connectivity index (χ4v) is 2.34. The molecule has 0 saturated carbocycles. The Labute approximate surface area is 129 Å². The number of aliphatic hydroxyl groups is 1. The molecular formula is C15H22N2O5. The molecule has 1 saturated heterocycles. The van der Waals surface area contributed by atoms with Crippen molar-refractivity contribution in [3.63, 3.8) is 0 Å². The Morgan fingerprint density at radius 2 is 2.23 bits per heavy atom. The van der Waals surface area contributed by atoms with E-state index >= 15 is 0 Å². The molecule has 0 aliphatic carbocycles. The highest BCUT2D eigenvalue weighted by molar-refractivity contribution is 5.95. The third-order valence-corrected chi connectivity index (χ3v) is 3.46. The molecule has 122 valence electrons. The molecular weight excluding hydrogens is 288 g/mol. The molecule has 0 aromatic carbocycles. The van der Waals surface area contributed by atoms with Crippen molar-refractivity contribution in [1.29, 1.82) is 0 Å². The van der Waals surface area contributed by atoms with E-state index in [1.807, 2.05) is 13.8 Å². The van der Waals surface area contributed by atoms with E-state index in [9.17, 15) is 14.7 Å². The molecule has 0 bridgehead atoms. The topological polar surface area (TPSA) is 101 Å². The van der Waals surface area contributed by atoms with Crippen molar-refractivity contribution in [3.8, 4) is 0 Å². The fraction of sp³-hybridized carbons (Fsp3) is 0.600. The Morgan fingerprint density at radius 3 is 2.77 bits per heavy atom. The lowest BCUT2D eigenvalue weighted by atomic mass is 10.0. The monoisotopic (exact) mass is 310 g/mol. The third-order valence-electron chi connectivity index (χ3n) is 3.46. The van der Waals surface area contributed by atoms with Crippen LogP contribution in [0, 0.1) is 5.92 Å². The molecule has 2 rings (SSSR count). The molecule has 0 spiro atoms. The molecule has 2 amide bonds. The summed E-state index contributed by atoms with van der Waals surface area (Å²) in [5.41, 5.74) is 0. The van der Waals surface area contributed by atoms with Gasteiger partial charge in [0.15, 0.2) is 12.1 Å². The highest BCUT2D eigenvalue weighted by Crippen LogP contribution is 2.13. The first-order valence-corrected chi connectivity index (χ1v) is 7.41. The van der Waals surface area contributed by atoms with Crippen molar-refractivity contribution in [3.05, 3.63) is 24.2 Å². The number of amides is 2. The number of rotatable bonds is 6. The van der Waals surface area contributed by atoms with Gasteiger partial charge in [-0.1, -0.05) is 13.8 Å². The van der Waals surface area contributed by atoms with Crippen LogP contribution in [0.15, 0.2) is 22.8 Å². The van der Waals surface area contributed by atoms with E-state index in [0.29, 0.717) is 19.4 Å². The van der Waals surface area contributed by atoms with Crippen LogP contribution in [0.5, 0.6) is 0 Å². The van der Waals surface area contributed by atoms with Gasteiger partial charge < -0.3 is 24.9 Å². The summed E-state index contributed by atoms with van der Waals surface area (Å²) in [6.07, 6.45) is 1.44. The summed E-state index contributed by atoms with van der Waals surface area (Å²) in [6.45, 7) is 4.33. The van der Waals surface area contributed by atoms with Gasteiger partial charge in [0.1, 0.15) is 6.04 Å². The van der Waals surface area contributed by atoms with Gasteiger partial charge in [0, 0.05) is 0 Å². The molecule has 3 N–H and O–H groups in total. The van der Waals surface area contributed by atoms with Gasteiger partial charge >= 0.3 is 0 Å². The van der Waals surface area contributed by atoms with Crippen molar-refractivity contribution in [2.24, 2.45) is 5.92 Å². The summed E-state index contributed by atoms with van der Waals surface area (Å²) in [5, 5.41) is 15.0. The van der Waals surface area contributed by atoms with Crippen LogP contribution in [0.1, 0.15) is 37.2 Å². The number of hydrogen-bond donors (Lipinski definition) is 3. The lowest BCUT2D eigenvalue weighted by molar-refractivity contribution is -0.127. The van der Waals surface area contributed by atoms with Crippen molar-refractivity contribution in [1.82, 2.24) is 10.6 Å². The Bertz CT molecular complexity index is 500. The molecule has 2 unspecified atom stereocenters. The van der Waals surface area contributed by atoms with E-state index in [2.05, 4.69) is 10.6 Å². The van der Waals surface area contributed by atoms with Crippen LogP contribution < -0.4 is 10.6 Å². The number of hydrogen-bond acceptors (Lipinski definition) is 5. The number of carbonyl (C=O) groups is 2. The van der Waals surface area contributed by atoms with Gasteiger partial charge in [0.05, 0.1) is 18.9 Å². The highest BCUT2D eigenvalue weighted by Gasteiger charge is 2.31. The predicted octanol–water partition coefficient (Wildman–Crippen LogP) is 0.648. The molecule has 7 nitrogen and oxygen atoms in total. The SMILES string of the molecule is CC(C)CC(NC(=O)c1ccco1)C(=O)N[C@H]1CCOC1O. The summed E-state index contributed by atoms with van der Waals surface area (Å²) in [4.78, 5) is 24.4. The first kappa shape index (κ1) is 16.5. The van der Waals surface area contributed by atoms with Crippen molar-refractivity contribution in [2.45, 2.75) is 45.1 Å². The van der Waals surface area contributed by atoms with Gasteiger partial charge in [0.2, 0.25) is 5.91 Å². The zero-order valence-electron chi connectivity index (χ0n) is 12.7. The average Bonchev–Trinajstić information content (AvgIpc) is 3.10. The summed E-state index contributed by atoms with van der Waals surface area (Å²) >= 11 is 0. The maximum absolute atomic E-state index is 12.4. The van der Waals surface area contributed by atoms with Crippen LogP contribution in [0.2, 0.25) is 0 Å². The zero-order valence-corrected chi connectivity index (χ0v) is 12.7. The normalized spacial score (nSPS) is 22.5. The predicted molar refractivity (Wildman–Crippen MR) is 77.9 cm³/mol. The molecule has 22 heavy (non-hydrogen) atoms. The van der Waals surface area contributed by atoms with Gasteiger partial charge in [-0.25, -0.2) is 0 Å². The van der Waals surface area contributed by atoms with Gasteiger partial charge in [-0.2, -0.15) is 0 Å². The minimum absolute atomic E-state index is 0.158. The van der Waals surface area contributed by atoms with Crippen LogP contribution in [0.25, 0.3) is 0 Å². The maximum Gasteiger partial charge on any atom is 0.287 e. The van der Waals surface area contributed by atoms with Gasteiger partial charge in [0.25, 0.3) is 5.91 Å². The first-order valence-electron chi connectivity index (χ1n) is 7.41. The van der Waals surface area contributed by atoms with Crippen molar-refractivity contribution < 1.29 is 23.8 Å². The summed E-state index contributed by atoms with van der Waals surface area (Å²) in [5.74, 6) is -0.389. The largest absolute Gasteiger partial charge is 0.459 e. The molecule has 1 aromatic rings. The Hall–Kier alpha value is -1.86. The van der Waals surface area contributed by atoms with Crippen molar-refractivity contribution >= 4 is 11.8 Å². The number of furan rings is 1. The van der Waals surface area contributed by atoms with E-state index < -0.39 is 24.3 Å². The van der Waals surface area contributed by atoms with Crippen LogP contribution in [0.4, 0.5) is 0 Å². The Balaban J connectivity index is 1.98. The summed E-state index contributed by atoms with van der Waals surface area (Å²) in [6, 6.07) is 2.01. The maximum atomic E-state index is 12.4. The van der Waals surface area contributed by atoms with E-state index in [-0.39, 0.29) is 17.6 Å². The number of ether oxygens (including phenoxy) is 1. The smallest absolute Gasteiger partial charge is 0.287 e. The molecule has 1 aromatic heterocycles. The van der Waals surface area contributed by atoms with Gasteiger partial charge in [-0.15, -0.1) is 0 Å². The van der Waals surface area contributed by atoms with E-state index in [1.54, 1.807) is 6.07 Å². The lowest BCUT2D eigenvalue weighted by Gasteiger charge is -2.22. The van der Waals surface area contributed by atoms with Crippen LogP contribution in [-0.2, 0) is 9.53 Å². The molecule has 1 aliphatic heterocycles. The second kappa shape index (κ2) is 7.42. The van der Waals surface area contributed by atoms with Crippen LogP contribution in [0.3, 0.4) is 0 Å². The zero-order chi connectivity index (χ0) is 16.1. The molecule has 2 heterocycles. The molecule has 7 heteroatoms. The second-order valence-corrected chi connectivity index (χ2v) is 5.80. The van der Waals surface area contributed by atoms with Crippen LogP contribution >= 0.6 is 0 Å². The number of aliphatic hydroxyl groups excluding tert-OH is 1. The fourth-order valence-electron chi connectivity index (χ4n) is 2.34. The van der Waals surface area contributed by atoms with Gasteiger partial charge in [-0.05, 0) is 30.9 Å². The Morgan fingerprint density at radius 1 is 1.45 bits per heavy atom. The first-order chi connectivity index (χ1) is 10.5. The minimum Gasteiger partial charge on any atom is -0.459 e. The Kier molecular flexibility index (Phi) is 5.57. The van der Waals surface area contributed by atoms with Gasteiger partial charge in [-0.3, -0.25) is 9.59 Å². The minimum atomic E-state index is -0.996.